The Morgan fingerprint density at radius 2 is 1.81 bits per heavy atom. The summed E-state index contributed by atoms with van der Waals surface area (Å²) in [6.45, 7) is 2.12. The molecule has 0 saturated carbocycles. The topological polar surface area (TPSA) is 18.5 Å². The fraction of sp³-hybridized carbons (Fsp3) is 0.263. The lowest BCUT2D eigenvalue weighted by Gasteiger charge is -2.20. The van der Waals surface area contributed by atoms with Gasteiger partial charge in [-0.2, -0.15) is 0 Å². The third kappa shape index (κ3) is 2.54. The van der Waals surface area contributed by atoms with Crippen LogP contribution < -0.4 is 9.47 Å². The van der Waals surface area contributed by atoms with E-state index >= 15 is 0 Å². The Labute approximate surface area is 126 Å². The summed E-state index contributed by atoms with van der Waals surface area (Å²) >= 11 is 0. The van der Waals surface area contributed by atoms with Crippen LogP contribution in [0.3, 0.4) is 0 Å². The van der Waals surface area contributed by atoms with Crippen LogP contribution in [0, 0.1) is 6.92 Å². The normalized spacial score (nSPS) is 13.4. The van der Waals surface area contributed by atoms with E-state index in [2.05, 4.69) is 37.3 Å². The quantitative estimate of drug-likeness (QED) is 0.839. The predicted molar refractivity (Wildman–Crippen MR) is 86.1 cm³/mol. The van der Waals surface area contributed by atoms with Crippen LogP contribution in [0.15, 0.2) is 42.5 Å². The Hall–Kier alpha value is -2.22. The van der Waals surface area contributed by atoms with E-state index in [4.69, 9.17) is 9.47 Å². The van der Waals surface area contributed by atoms with Crippen LogP contribution in [0.25, 0.3) is 5.57 Å². The zero-order chi connectivity index (χ0) is 14.8. The van der Waals surface area contributed by atoms with Crippen LogP contribution in [0.1, 0.15) is 22.3 Å². The SMILES string of the molecule is COc1ccc2c(c1)CC=C(c1cccc(OC)c1C)C2. The summed E-state index contributed by atoms with van der Waals surface area (Å²) in [6.07, 6.45) is 4.25. The molecular formula is C19H20O2. The zero-order valence-corrected chi connectivity index (χ0v) is 12.8. The molecule has 2 nitrogen and oxygen atoms in total. The molecule has 0 bridgehead atoms. The summed E-state index contributed by atoms with van der Waals surface area (Å²) in [5.41, 5.74) is 6.62. The van der Waals surface area contributed by atoms with Gasteiger partial charge in [-0.25, -0.2) is 0 Å². The monoisotopic (exact) mass is 280 g/mol. The maximum Gasteiger partial charge on any atom is 0.122 e. The lowest BCUT2D eigenvalue weighted by molar-refractivity contribution is 0.411. The standard InChI is InChI=1S/C19H20O2/c1-13-18(5-4-6-19(13)21-3)16-8-7-15-12-17(20-2)10-9-14(15)11-16/h4-6,8-10,12H,7,11H2,1-3H3. The number of ether oxygens (including phenoxy) is 2. The molecule has 0 unspecified atom stereocenters. The van der Waals surface area contributed by atoms with E-state index in [9.17, 15) is 0 Å². The van der Waals surface area contributed by atoms with Crippen LogP contribution in [-0.2, 0) is 12.8 Å². The van der Waals surface area contributed by atoms with Crippen molar-refractivity contribution in [3.63, 3.8) is 0 Å². The van der Waals surface area contributed by atoms with Gasteiger partial charge in [0.15, 0.2) is 0 Å². The second-order valence-electron chi connectivity index (χ2n) is 5.38. The Morgan fingerprint density at radius 3 is 2.57 bits per heavy atom. The van der Waals surface area contributed by atoms with Crippen molar-refractivity contribution in [3.8, 4) is 11.5 Å². The Bertz CT molecular complexity index is 699. The summed E-state index contributed by atoms with van der Waals surface area (Å²) in [4.78, 5) is 0. The van der Waals surface area contributed by atoms with E-state index in [0.717, 1.165) is 24.3 Å². The maximum absolute atomic E-state index is 5.43. The molecule has 0 aromatic heterocycles. The first-order valence-electron chi connectivity index (χ1n) is 7.21. The molecule has 3 rings (SSSR count). The Balaban J connectivity index is 1.95. The molecule has 1 aliphatic carbocycles. The van der Waals surface area contributed by atoms with Crippen molar-refractivity contribution in [2.45, 2.75) is 19.8 Å². The van der Waals surface area contributed by atoms with Crippen molar-refractivity contribution in [2.75, 3.05) is 14.2 Å². The summed E-state index contributed by atoms with van der Waals surface area (Å²) in [6, 6.07) is 12.6. The molecule has 0 spiro atoms. The second kappa shape index (κ2) is 5.65. The van der Waals surface area contributed by atoms with E-state index in [1.165, 1.54) is 27.8 Å². The van der Waals surface area contributed by atoms with Crippen LogP contribution in [0.5, 0.6) is 11.5 Å². The molecular weight excluding hydrogens is 260 g/mol. The van der Waals surface area contributed by atoms with Gasteiger partial charge >= 0.3 is 0 Å². The fourth-order valence-electron chi connectivity index (χ4n) is 2.99. The Morgan fingerprint density at radius 1 is 0.952 bits per heavy atom. The molecule has 0 heterocycles. The smallest absolute Gasteiger partial charge is 0.122 e. The summed E-state index contributed by atoms with van der Waals surface area (Å²) in [5.74, 6) is 1.89. The maximum atomic E-state index is 5.43. The van der Waals surface area contributed by atoms with Crippen molar-refractivity contribution in [3.05, 3.63) is 64.7 Å². The van der Waals surface area contributed by atoms with Gasteiger partial charge in [0.2, 0.25) is 0 Å². The van der Waals surface area contributed by atoms with E-state index in [1.54, 1.807) is 14.2 Å². The predicted octanol–water partition coefficient (Wildman–Crippen LogP) is 4.19. The van der Waals surface area contributed by atoms with E-state index in [-0.39, 0.29) is 0 Å². The van der Waals surface area contributed by atoms with Gasteiger partial charge < -0.3 is 9.47 Å². The lowest BCUT2D eigenvalue weighted by Crippen LogP contribution is -2.04. The van der Waals surface area contributed by atoms with Crippen LogP contribution in [0.4, 0.5) is 0 Å². The molecule has 21 heavy (non-hydrogen) atoms. The van der Waals surface area contributed by atoms with Crippen LogP contribution in [-0.4, -0.2) is 14.2 Å². The first kappa shape index (κ1) is 13.7. The third-order valence-electron chi connectivity index (χ3n) is 4.21. The van der Waals surface area contributed by atoms with Gasteiger partial charge in [-0.3, -0.25) is 0 Å². The number of rotatable bonds is 3. The summed E-state index contributed by atoms with van der Waals surface area (Å²) < 4.78 is 10.7. The highest BCUT2D eigenvalue weighted by molar-refractivity contribution is 5.74. The average Bonchev–Trinajstić information content (AvgIpc) is 2.54. The van der Waals surface area contributed by atoms with Gasteiger partial charge in [0.25, 0.3) is 0 Å². The number of allylic oxidation sites excluding steroid dienone is 2. The lowest BCUT2D eigenvalue weighted by atomic mass is 9.86. The molecule has 0 aliphatic heterocycles. The molecule has 2 aromatic rings. The number of fused-ring (bicyclic) bond motifs is 1. The Kier molecular flexibility index (Phi) is 3.70. The van der Waals surface area contributed by atoms with Gasteiger partial charge in [0.1, 0.15) is 11.5 Å². The molecule has 0 N–H and O–H groups in total. The highest BCUT2D eigenvalue weighted by Crippen LogP contribution is 2.33. The van der Waals surface area contributed by atoms with Gasteiger partial charge in [0, 0.05) is 0 Å². The molecule has 0 atom stereocenters. The number of hydrogen-bond donors (Lipinski definition) is 0. The van der Waals surface area contributed by atoms with Crippen molar-refractivity contribution in [1.29, 1.82) is 0 Å². The molecule has 2 aromatic carbocycles. The van der Waals surface area contributed by atoms with E-state index in [0.29, 0.717) is 0 Å². The number of hydrogen-bond acceptors (Lipinski definition) is 2. The van der Waals surface area contributed by atoms with Gasteiger partial charge in [0.05, 0.1) is 14.2 Å². The largest absolute Gasteiger partial charge is 0.497 e. The molecule has 0 amide bonds. The minimum atomic E-state index is 0.933. The number of methoxy groups -OCH3 is 2. The molecule has 108 valence electrons. The van der Waals surface area contributed by atoms with Crippen LogP contribution >= 0.6 is 0 Å². The molecule has 0 radical (unpaired) electrons. The summed E-state index contributed by atoms with van der Waals surface area (Å²) in [7, 11) is 3.44. The molecule has 1 aliphatic rings. The van der Waals surface area contributed by atoms with Crippen molar-refractivity contribution >= 4 is 5.57 Å². The minimum Gasteiger partial charge on any atom is -0.497 e. The van der Waals surface area contributed by atoms with Gasteiger partial charge in [-0.15, -0.1) is 0 Å². The first-order valence-corrected chi connectivity index (χ1v) is 7.21. The zero-order valence-electron chi connectivity index (χ0n) is 12.8. The molecule has 0 fully saturated rings. The van der Waals surface area contributed by atoms with Crippen molar-refractivity contribution in [1.82, 2.24) is 0 Å². The third-order valence-corrected chi connectivity index (χ3v) is 4.21. The minimum absolute atomic E-state index is 0.933. The fourth-order valence-corrected chi connectivity index (χ4v) is 2.99. The van der Waals surface area contributed by atoms with Crippen LogP contribution in [0.2, 0.25) is 0 Å². The van der Waals surface area contributed by atoms with E-state index in [1.807, 2.05) is 12.1 Å². The first-order chi connectivity index (χ1) is 10.2. The molecule has 0 saturated heterocycles. The second-order valence-corrected chi connectivity index (χ2v) is 5.38. The van der Waals surface area contributed by atoms with Crippen molar-refractivity contribution < 1.29 is 9.47 Å². The van der Waals surface area contributed by atoms with E-state index < -0.39 is 0 Å². The number of benzene rings is 2. The molecule has 2 heteroatoms. The highest BCUT2D eigenvalue weighted by atomic mass is 16.5. The van der Waals surface area contributed by atoms with Crippen molar-refractivity contribution in [2.24, 2.45) is 0 Å². The average molecular weight is 280 g/mol. The van der Waals surface area contributed by atoms with Gasteiger partial charge in [-0.1, -0.05) is 24.3 Å². The summed E-state index contributed by atoms with van der Waals surface area (Å²) in [5, 5.41) is 0. The highest BCUT2D eigenvalue weighted by Gasteiger charge is 2.15. The van der Waals surface area contributed by atoms with Gasteiger partial charge in [-0.05, 0) is 65.8 Å².